The zero-order valence-corrected chi connectivity index (χ0v) is 12.7. The summed E-state index contributed by atoms with van der Waals surface area (Å²) in [7, 11) is 0. The molecule has 0 spiro atoms. The molecule has 2 atom stereocenters. The summed E-state index contributed by atoms with van der Waals surface area (Å²) in [5.41, 5.74) is 1.96. The van der Waals surface area contributed by atoms with E-state index >= 15 is 0 Å². The molecule has 104 valence electrons. The molecule has 1 saturated carbocycles. The minimum absolute atomic E-state index is 0.00270. The van der Waals surface area contributed by atoms with Crippen molar-refractivity contribution in [2.45, 2.75) is 31.7 Å². The molecule has 1 amide bonds. The first-order chi connectivity index (χ1) is 9.61. The van der Waals surface area contributed by atoms with E-state index in [9.17, 15) is 4.79 Å². The van der Waals surface area contributed by atoms with Gasteiger partial charge in [0.2, 0.25) is 5.91 Å². The summed E-state index contributed by atoms with van der Waals surface area (Å²) in [6.07, 6.45) is 1.28. The number of aromatic nitrogens is 1. The van der Waals surface area contributed by atoms with Gasteiger partial charge >= 0.3 is 0 Å². The Morgan fingerprint density at radius 3 is 2.85 bits per heavy atom. The molecule has 5 heteroatoms. The predicted molar refractivity (Wildman–Crippen MR) is 78.4 cm³/mol. The molecule has 0 aliphatic heterocycles. The number of amides is 1. The number of benzene rings is 1. The average Bonchev–Trinajstić information content (AvgIpc) is 3.04. The smallest absolute Gasteiger partial charge is 0.226 e. The molecule has 1 fully saturated rings. The summed E-state index contributed by atoms with van der Waals surface area (Å²) in [5.74, 6) is 1.17. The molecule has 20 heavy (non-hydrogen) atoms. The number of nitrogens with zero attached hydrogens (tertiary/aromatic N) is 1. The number of nitrogens with one attached hydrogen (secondary N) is 1. The Morgan fingerprint density at radius 1 is 1.45 bits per heavy atom. The first kappa shape index (κ1) is 13.4. The van der Waals surface area contributed by atoms with Gasteiger partial charge < -0.3 is 9.84 Å². The van der Waals surface area contributed by atoms with Crippen molar-refractivity contribution in [3.63, 3.8) is 0 Å². The van der Waals surface area contributed by atoms with Crippen molar-refractivity contribution in [3.8, 4) is 0 Å². The van der Waals surface area contributed by atoms with E-state index in [4.69, 9.17) is 4.52 Å². The number of hydrogen-bond donors (Lipinski definition) is 1. The predicted octanol–water partition coefficient (Wildman–Crippen LogP) is 2.96. The highest BCUT2D eigenvalue weighted by Crippen LogP contribution is 2.41. The number of aryl methyl sites for hydroxylation is 1. The molecule has 1 aromatic heterocycles. The summed E-state index contributed by atoms with van der Waals surface area (Å²) in [4.78, 5) is 11.9. The summed E-state index contributed by atoms with van der Waals surface area (Å²) < 4.78 is 6.03. The monoisotopic (exact) mass is 334 g/mol. The van der Waals surface area contributed by atoms with Crippen molar-refractivity contribution in [2.24, 2.45) is 0 Å². The molecule has 1 N–H and O–H groups in total. The second-order valence-electron chi connectivity index (χ2n) is 5.17. The Labute approximate surface area is 125 Å². The third-order valence-electron chi connectivity index (χ3n) is 3.45. The van der Waals surface area contributed by atoms with E-state index in [1.54, 1.807) is 6.07 Å². The number of hydrogen-bond acceptors (Lipinski definition) is 3. The average molecular weight is 335 g/mol. The van der Waals surface area contributed by atoms with Gasteiger partial charge in [-0.15, -0.1) is 0 Å². The molecule has 1 aliphatic rings. The third-order valence-corrected chi connectivity index (χ3v) is 3.98. The van der Waals surface area contributed by atoms with Crippen molar-refractivity contribution in [1.82, 2.24) is 10.5 Å². The van der Waals surface area contributed by atoms with Crippen LogP contribution in [0.2, 0.25) is 0 Å². The van der Waals surface area contributed by atoms with Crippen molar-refractivity contribution >= 4 is 21.8 Å². The summed E-state index contributed by atoms with van der Waals surface area (Å²) in [6.45, 7) is 1.82. The SMILES string of the molecule is Cc1cc(CC(=O)N[C@@H]2C[C@@H]2c2ccc(Br)cc2)no1. The van der Waals surface area contributed by atoms with E-state index < -0.39 is 0 Å². The maximum atomic E-state index is 11.9. The molecule has 1 heterocycles. The fourth-order valence-electron chi connectivity index (χ4n) is 2.36. The number of halogens is 1. The summed E-state index contributed by atoms with van der Waals surface area (Å²) >= 11 is 3.42. The zero-order valence-electron chi connectivity index (χ0n) is 11.1. The minimum Gasteiger partial charge on any atom is -0.361 e. The standard InChI is InChI=1S/C15H15BrN2O2/c1-9-6-12(18-20-9)7-15(19)17-14-8-13(14)10-2-4-11(16)5-3-10/h2-6,13-14H,7-8H2,1H3,(H,17,19)/t13-,14-/m1/s1. The van der Waals surface area contributed by atoms with E-state index in [0.717, 1.165) is 16.7 Å². The van der Waals surface area contributed by atoms with Crippen LogP contribution in [0, 0.1) is 6.92 Å². The van der Waals surface area contributed by atoms with Gasteiger partial charge in [-0.1, -0.05) is 33.2 Å². The third kappa shape index (κ3) is 3.10. The molecular weight excluding hydrogens is 320 g/mol. The van der Waals surface area contributed by atoms with Gasteiger partial charge in [-0.2, -0.15) is 0 Å². The van der Waals surface area contributed by atoms with Crippen molar-refractivity contribution < 1.29 is 9.32 Å². The number of carbonyl (C=O) groups excluding carboxylic acids is 1. The first-order valence-electron chi connectivity index (χ1n) is 6.59. The molecule has 4 nitrogen and oxygen atoms in total. The lowest BCUT2D eigenvalue weighted by molar-refractivity contribution is -0.120. The van der Waals surface area contributed by atoms with Crippen LogP contribution in [-0.4, -0.2) is 17.1 Å². The Morgan fingerprint density at radius 2 is 2.20 bits per heavy atom. The van der Waals surface area contributed by atoms with E-state index in [2.05, 4.69) is 38.5 Å². The topological polar surface area (TPSA) is 55.1 Å². The molecule has 1 aliphatic carbocycles. The maximum absolute atomic E-state index is 11.9. The van der Waals surface area contributed by atoms with Crippen LogP contribution in [0.25, 0.3) is 0 Å². The van der Waals surface area contributed by atoms with Crippen molar-refractivity contribution in [3.05, 3.63) is 51.8 Å². The van der Waals surface area contributed by atoms with Crippen molar-refractivity contribution in [2.75, 3.05) is 0 Å². The summed E-state index contributed by atoms with van der Waals surface area (Å²) in [6, 6.07) is 10.3. The normalized spacial score (nSPS) is 20.7. The van der Waals surface area contributed by atoms with Gasteiger partial charge in [-0.05, 0) is 31.0 Å². The maximum Gasteiger partial charge on any atom is 0.226 e. The number of carbonyl (C=O) groups is 1. The van der Waals surface area contributed by atoms with Gasteiger partial charge in [0, 0.05) is 22.5 Å². The molecule has 0 saturated heterocycles. The lowest BCUT2D eigenvalue weighted by atomic mass is 10.1. The first-order valence-corrected chi connectivity index (χ1v) is 7.38. The van der Waals surface area contributed by atoms with Crippen LogP contribution in [0.3, 0.4) is 0 Å². The van der Waals surface area contributed by atoms with Crippen LogP contribution in [0.15, 0.2) is 39.3 Å². The Hall–Kier alpha value is -1.62. The van der Waals surface area contributed by atoms with Gasteiger partial charge in [-0.3, -0.25) is 4.79 Å². The van der Waals surface area contributed by atoms with Crippen LogP contribution in [0.5, 0.6) is 0 Å². The zero-order chi connectivity index (χ0) is 14.1. The quantitative estimate of drug-likeness (QED) is 0.935. The van der Waals surface area contributed by atoms with Gasteiger partial charge in [0.25, 0.3) is 0 Å². The molecular formula is C15H15BrN2O2. The Balaban J connectivity index is 1.52. The molecule has 3 rings (SSSR count). The minimum atomic E-state index is 0.00270. The Kier molecular flexibility index (Phi) is 3.61. The Bertz CT molecular complexity index is 621. The van der Waals surface area contributed by atoms with Crippen LogP contribution in [0.4, 0.5) is 0 Å². The highest BCUT2D eigenvalue weighted by molar-refractivity contribution is 9.10. The molecule has 0 radical (unpaired) electrons. The van der Waals surface area contributed by atoms with Gasteiger partial charge in [0.15, 0.2) is 0 Å². The molecule has 0 unspecified atom stereocenters. The van der Waals surface area contributed by atoms with Crippen molar-refractivity contribution in [1.29, 1.82) is 0 Å². The number of rotatable bonds is 4. The van der Waals surface area contributed by atoms with E-state index in [1.165, 1.54) is 5.56 Å². The molecule has 1 aromatic carbocycles. The van der Waals surface area contributed by atoms with E-state index in [-0.39, 0.29) is 18.4 Å². The van der Waals surface area contributed by atoms with E-state index in [0.29, 0.717) is 11.6 Å². The largest absolute Gasteiger partial charge is 0.361 e. The van der Waals surface area contributed by atoms with Gasteiger partial charge in [-0.25, -0.2) is 0 Å². The van der Waals surface area contributed by atoms with Crippen LogP contribution in [0.1, 0.15) is 29.4 Å². The summed E-state index contributed by atoms with van der Waals surface area (Å²) in [5, 5.41) is 6.87. The highest BCUT2D eigenvalue weighted by Gasteiger charge is 2.39. The van der Waals surface area contributed by atoms with Crippen LogP contribution < -0.4 is 5.32 Å². The van der Waals surface area contributed by atoms with Crippen LogP contribution in [-0.2, 0) is 11.2 Å². The molecule has 2 aromatic rings. The van der Waals surface area contributed by atoms with Gasteiger partial charge in [0.1, 0.15) is 5.76 Å². The molecule has 0 bridgehead atoms. The van der Waals surface area contributed by atoms with E-state index in [1.807, 2.05) is 19.1 Å². The second-order valence-corrected chi connectivity index (χ2v) is 6.09. The fourth-order valence-corrected chi connectivity index (χ4v) is 2.62. The fraction of sp³-hybridized carbons (Fsp3) is 0.333. The lowest BCUT2D eigenvalue weighted by Gasteiger charge is -2.03. The highest BCUT2D eigenvalue weighted by atomic mass is 79.9. The van der Waals surface area contributed by atoms with Crippen LogP contribution >= 0.6 is 15.9 Å². The van der Waals surface area contributed by atoms with Gasteiger partial charge in [0.05, 0.1) is 12.1 Å². The lowest BCUT2D eigenvalue weighted by Crippen LogP contribution is -2.28. The second kappa shape index (κ2) is 5.40.